The molecule has 1 aromatic heterocycles. The second kappa shape index (κ2) is 5.92. The average molecular weight is 223 g/mol. The summed E-state index contributed by atoms with van der Waals surface area (Å²) in [5.41, 5.74) is 7.25. The Kier molecular flexibility index (Phi) is 4.84. The molecule has 1 heterocycles. The molecule has 0 fully saturated rings. The molecule has 2 N–H and O–H groups in total. The van der Waals surface area contributed by atoms with Gasteiger partial charge in [0.05, 0.1) is 5.69 Å². The highest BCUT2D eigenvalue weighted by molar-refractivity contribution is 5.40. The molecule has 0 spiro atoms. The van der Waals surface area contributed by atoms with Gasteiger partial charge < -0.3 is 10.3 Å². The van der Waals surface area contributed by atoms with Crippen LogP contribution in [0.3, 0.4) is 0 Å². The number of rotatable bonds is 6. The summed E-state index contributed by atoms with van der Waals surface area (Å²) in [5, 5.41) is 0. The maximum atomic E-state index is 6.18. The Labute approximate surface area is 99.1 Å². The van der Waals surface area contributed by atoms with Gasteiger partial charge in [0.25, 0.3) is 0 Å². The van der Waals surface area contributed by atoms with E-state index >= 15 is 0 Å². The smallest absolute Gasteiger partial charge is 0.127 e. The summed E-state index contributed by atoms with van der Waals surface area (Å²) in [6.07, 6.45) is 4.52. The Hall–Kier alpha value is -0.990. The normalized spacial score (nSPS) is 11.3. The van der Waals surface area contributed by atoms with Gasteiger partial charge in [-0.3, -0.25) is 0 Å². The Morgan fingerprint density at radius 2 is 1.94 bits per heavy atom. The van der Waals surface area contributed by atoms with Crippen molar-refractivity contribution in [2.45, 2.75) is 65.8 Å². The monoisotopic (exact) mass is 223 g/mol. The van der Waals surface area contributed by atoms with E-state index in [2.05, 4.69) is 37.2 Å². The van der Waals surface area contributed by atoms with Crippen molar-refractivity contribution in [3.8, 4) is 0 Å². The van der Waals surface area contributed by atoms with Crippen molar-refractivity contribution < 1.29 is 0 Å². The summed E-state index contributed by atoms with van der Waals surface area (Å²) < 4.78 is 2.21. The van der Waals surface area contributed by atoms with Gasteiger partial charge in [0.15, 0.2) is 0 Å². The lowest BCUT2D eigenvalue weighted by atomic mass is 10.1. The molecule has 0 saturated carbocycles. The second-order valence-corrected chi connectivity index (χ2v) is 4.71. The molecule has 0 aromatic carbocycles. The third kappa shape index (κ3) is 2.77. The fraction of sp³-hybridized carbons (Fsp3) is 0.769. The molecule has 0 amide bonds. The molecule has 0 aliphatic carbocycles. The molecule has 0 aliphatic heterocycles. The topological polar surface area (TPSA) is 43.8 Å². The molecule has 0 radical (unpaired) electrons. The van der Waals surface area contributed by atoms with Crippen molar-refractivity contribution in [3.63, 3.8) is 0 Å². The Balaban J connectivity index is 3.00. The predicted molar refractivity (Wildman–Crippen MR) is 69.6 cm³/mol. The van der Waals surface area contributed by atoms with Crippen LogP contribution in [-0.4, -0.2) is 9.55 Å². The molecule has 1 aromatic rings. The van der Waals surface area contributed by atoms with E-state index in [-0.39, 0.29) is 0 Å². The maximum absolute atomic E-state index is 6.18. The fourth-order valence-electron chi connectivity index (χ4n) is 1.94. The number of unbranched alkanes of at least 4 members (excludes halogenated alkanes) is 1. The van der Waals surface area contributed by atoms with E-state index < -0.39 is 0 Å². The van der Waals surface area contributed by atoms with Crippen LogP contribution < -0.4 is 5.73 Å². The van der Waals surface area contributed by atoms with E-state index in [0.29, 0.717) is 5.92 Å². The standard InChI is InChI=1S/C13H25N3/c1-5-7-9-16-11(8-6-2)15-12(10(3)4)13(16)14/h10H,5-9,14H2,1-4H3. The average Bonchev–Trinajstić information content (AvgIpc) is 2.54. The van der Waals surface area contributed by atoms with Crippen molar-refractivity contribution in [3.05, 3.63) is 11.5 Å². The number of imidazole rings is 1. The van der Waals surface area contributed by atoms with Gasteiger partial charge in [-0.2, -0.15) is 0 Å². The van der Waals surface area contributed by atoms with Crippen molar-refractivity contribution >= 4 is 5.82 Å². The van der Waals surface area contributed by atoms with Gasteiger partial charge in [0.2, 0.25) is 0 Å². The van der Waals surface area contributed by atoms with Gasteiger partial charge in [-0.25, -0.2) is 4.98 Å². The van der Waals surface area contributed by atoms with E-state index in [1.807, 2.05) is 0 Å². The van der Waals surface area contributed by atoms with Crippen molar-refractivity contribution in [1.82, 2.24) is 9.55 Å². The van der Waals surface area contributed by atoms with Gasteiger partial charge in [-0.1, -0.05) is 34.1 Å². The highest BCUT2D eigenvalue weighted by atomic mass is 15.1. The first-order chi connectivity index (χ1) is 7.61. The lowest BCUT2D eigenvalue weighted by molar-refractivity contribution is 0.604. The largest absolute Gasteiger partial charge is 0.384 e. The van der Waals surface area contributed by atoms with Crippen molar-refractivity contribution in [1.29, 1.82) is 0 Å². The first-order valence-electron chi connectivity index (χ1n) is 6.46. The third-order valence-corrected chi connectivity index (χ3v) is 2.87. The van der Waals surface area contributed by atoms with Crippen molar-refractivity contribution in [2.24, 2.45) is 0 Å². The van der Waals surface area contributed by atoms with Gasteiger partial charge >= 0.3 is 0 Å². The number of nitrogens with two attached hydrogens (primary N) is 1. The molecule has 0 unspecified atom stereocenters. The SMILES string of the molecule is CCCCn1c(CCC)nc(C(C)C)c1N. The van der Waals surface area contributed by atoms with E-state index in [0.717, 1.165) is 36.7 Å². The zero-order valence-corrected chi connectivity index (χ0v) is 11.1. The number of nitrogen functional groups attached to an aromatic ring is 1. The summed E-state index contributed by atoms with van der Waals surface area (Å²) in [7, 11) is 0. The molecule has 16 heavy (non-hydrogen) atoms. The molecule has 0 atom stereocenters. The van der Waals surface area contributed by atoms with Gasteiger partial charge in [-0.15, -0.1) is 0 Å². The summed E-state index contributed by atoms with van der Waals surface area (Å²) in [6, 6.07) is 0. The fourth-order valence-corrected chi connectivity index (χ4v) is 1.94. The molecular weight excluding hydrogens is 198 g/mol. The molecule has 0 saturated heterocycles. The van der Waals surface area contributed by atoms with E-state index in [1.54, 1.807) is 0 Å². The van der Waals surface area contributed by atoms with E-state index in [1.165, 1.54) is 12.8 Å². The zero-order valence-electron chi connectivity index (χ0n) is 11.1. The summed E-state index contributed by atoms with van der Waals surface area (Å²) in [5.74, 6) is 2.46. The quantitative estimate of drug-likeness (QED) is 0.803. The van der Waals surface area contributed by atoms with Crippen LogP contribution in [0.15, 0.2) is 0 Å². The van der Waals surface area contributed by atoms with Crippen LogP contribution in [0.2, 0.25) is 0 Å². The van der Waals surface area contributed by atoms with Crippen LogP contribution in [0.5, 0.6) is 0 Å². The van der Waals surface area contributed by atoms with E-state index in [4.69, 9.17) is 5.73 Å². The Bertz CT molecular complexity index is 326. The molecule has 3 heteroatoms. The van der Waals surface area contributed by atoms with Crippen LogP contribution in [0.4, 0.5) is 5.82 Å². The molecule has 92 valence electrons. The number of aryl methyl sites for hydroxylation is 1. The highest BCUT2D eigenvalue weighted by Gasteiger charge is 2.15. The van der Waals surface area contributed by atoms with E-state index in [9.17, 15) is 0 Å². The minimum Gasteiger partial charge on any atom is -0.384 e. The summed E-state index contributed by atoms with van der Waals surface area (Å²) >= 11 is 0. The molecule has 3 nitrogen and oxygen atoms in total. The third-order valence-electron chi connectivity index (χ3n) is 2.87. The molecule has 0 aliphatic rings. The van der Waals surface area contributed by atoms with Crippen LogP contribution >= 0.6 is 0 Å². The number of anilines is 1. The van der Waals surface area contributed by atoms with Crippen molar-refractivity contribution in [2.75, 3.05) is 5.73 Å². The summed E-state index contributed by atoms with van der Waals surface area (Å²) in [6.45, 7) is 9.70. The minimum atomic E-state index is 0.415. The maximum Gasteiger partial charge on any atom is 0.127 e. The summed E-state index contributed by atoms with van der Waals surface area (Å²) in [4.78, 5) is 4.69. The molecule has 1 rings (SSSR count). The highest BCUT2D eigenvalue weighted by Crippen LogP contribution is 2.23. The van der Waals surface area contributed by atoms with Gasteiger partial charge in [-0.05, 0) is 18.8 Å². The molecule has 0 bridgehead atoms. The second-order valence-electron chi connectivity index (χ2n) is 4.71. The Morgan fingerprint density at radius 1 is 1.25 bits per heavy atom. The number of aromatic nitrogens is 2. The number of hydrogen-bond donors (Lipinski definition) is 1. The lowest BCUT2D eigenvalue weighted by Crippen LogP contribution is -2.07. The van der Waals surface area contributed by atoms with Gasteiger partial charge in [0, 0.05) is 13.0 Å². The number of nitrogens with zero attached hydrogens (tertiary/aromatic N) is 2. The zero-order chi connectivity index (χ0) is 12.1. The predicted octanol–water partition coefficient (Wildman–Crippen LogP) is 3.34. The van der Waals surface area contributed by atoms with Crippen LogP contribution in [0.25, 0.3) is 0 Å². The van der Waals surface area contributed by atoms with Crippen LogP contribution in [0, 0.1) is 0 Å². The van der Waals surface area contributed by atoms with Crippen LogP contribution in [-0.2, 0) is 13.0 Å². The van der Waals surface area contributed by atoms with Crippen LogP contribution in [0.1, 0.15) is 64.4 Å². The number of hydrogen-bond acceptors (Lipinski definition) is 2. The molecular formula is C13H25N3. The lowest BCUT2D eigenvalue weighted by Gasteiger charge is -2.08. The first kappa shape index (κ1) is 13.1. The minimum absolute atomic E-state index is 0.415. The Morgan fingerprint density at radius 3 is 2.44 bits per heavy atom. The van der Waals surface area contributed by atoms with Gasteiger partial charge in [0.1, 0.15) is 11.6 Å². The first-order valence-corrected chi connectivity index (χ1v) is 6.46.